The Hall–Kier alpha value is -1.59. The fraction of sp³-hybridized carbons (Fsp3) is 0.533. The lowest BCUT2D eigenvalue weighted by Crippen LogP contribution is -2.58. The van der Waals surface area contributed by atoms with Crippen molar-refractivity contribution in [1.29, 1.82) is 0 Å². The molecule has 1 aliphatic rings. The quantitative estimate of drug-likeness (QED) is 0.764. The highest BCUT2D eigenvalue weighted by atomic mass is 16.3. The van der Waals surface area contributed by atoms with E-state index < -0.39 is 0 Å². The van der Waals surface area contributed by atoms with Crippen molar-refractivity contribution < 1.29 is 9.90 Å². The van der Waals surface area contributed by atoms with Gasteiger partial charge >= 0.3 is 0 Å². The molecule has 1 heterocycles. The molecule has 5 heteroatoms. The van der Waals surface area contributed by atoms with Crippen molar-refractivity contribution in [3.8, 4) is 5.75 Å². The molecule has 1 aromatic rings. The van der Waals surface area contributed by atoms with E-state index in [0.29, 0.717) is 6.54 Å². The fourth-order valence-corrected chi connectivity index (χ4v) is 2.86. The van der Waals surface area contributed by atoms with Crippen LogP contribution < -0.4 is 10.6 Å². The van der Waals surface area contributed by atoms with Gasteiger partial charge in [-0.15, -0.1) is 0 Å². The molecule has 110 valence electrons. The number of nitrogens with zero attached hydrogens (tertiary/aromatic N) is 1. The molecule has 1 saturated heterocycles. The number of likely N-dealkylation sites (N-methyl/N-ethyl adjacent to an activating group) is 1. The Balaban J connectivity index is 2.23. The predicted molar refractivity (Wildman–Crippen MR) is 78.6 cm³/mol. The van der Waals surface area contributed by atoms with E-state index in [4.69, 9.17) is 0 Å². The summed E-state index contributed by atoms with van der Waals surface area (Å²) in [5.41, 5.74) is 1.14. The van der Waals surface area contributed by atoms with Gasteiger partial charge in [0.15, 0.2) is 0 Å². The van der Waals surface area contributed by atoms with E-state index in [1.54, 1.807) is 19.2 Å². The Bertz CT molecular complexity index is 447. The van der Waals surface area contributed by atoms with E-state index in [0.717, 1.165) is 25.1 Å². The number of hydrogen-bond acceptors (Lipinski definition) is 4. The first-order valence-electron chi connectivity index (χ1n) is 7.14. The third-order valence-corrected chi connectivity index (χ3v) is 3.90. The number of carbonyl (C=O) groups is 1. The number of phenolic OH excluding ortho intramolecular Hbond substituents is 1. The van der Waals surface area contributed by atoms with Crippen LogP contribution in [0.4, 0.5) is 0 Å². The topological polar surface area (TPSA) is 64.6 Å². The van der Waals surface area contributed by atoms with E-state index in [1.807, 2.05) is 12.1 Å². The summed E-state index contributed by atoms with van der Waals surface area (Å²) < 4.78 is 0. The van der Waals surface area contributed by atoms with Gasteiger partial charge in [0, 0.05) is 32.7 Å². The number of hydrogen-bond donors (Lipinski definition) is 3. The van der Waals surface area contributed by atoms with Crippen molar-refractivity contribution >= 4 is 5.91 Å². The van der Waals surface area contributed by atoms with Gasteiger partial charge in [0.2, 0.25) is 5.91 Å². The van der Waals surface area contributed by atoms with Crippen LogP contribution in [0.25, 0.3) is 0 Å². The third-order valence-electron chi connectivity index (χ3n) is 3.90. The maximum atomic E-state index is 12.1. The summed E-state index contributed by atoms with van der Waals surface area (Å²) in [6.45, 7) is 4.54. The third kappa shape index (κ3) is 3.11. The first-order chi connectivity index (χ1) is 9.67. The van der Waals surface area contributed by atoms with Crippen LogP contribution >= 0.6 is 0 Å². The van der Waals surface area contributed by atoms with Crippen molar-refractivity contribution in [2.45, 2.75) is 25.4 Å². The highest BCUT2D eigenvalue weighted by molar-refractivity contribution is 5.81. The van der Waals surface area contributed by atoms with Gasteiger partial charge in [-0.05, 0) is 24.1 Å². The van der Waals surface area contributed by atoms with Gasteiger partial charge in [-0.25, -0.2) is 0 Å². The zero-order valence-corrected chi connectivity index (χ0v) is 12.1. The largest absolute Gasteiger partial charge is 0.508 e. The molecule has 0 aliphatic carbocycles. The first kappa shape index (κ1) is 14.8. The summed E-state index contributed by atoms with van der Waals surface area (Å²) in [4.78, 5) is 14.3. The molecule has 0 spiro atoms. The molecule has 1 aliphatic heterocycles. The second-order valence-corrected chi connectivity index (χ2v) is 5.09. The maximum absolute atomic E-state index is 12.1. The van der Waals surface area contributed by atoms with Crippen LogP contribution in [-0.4, -0.2) is 48.6 Å². The fourth-order valence-electron chi connectivity index (χ4n) is 2.86. The summed E-state index contributed by atoms with van der Waals surface area (Å²) in [7, 11) is 1.68. The van der Waals surface area contributed by atoms with Gasteiger partial charge in [-0.3, -0.25) is 9.69 Å². The van der Waals surface area contributed by atoms with E-state index in [-0.39, 0.29) is 23.7 Å². The number of aromatic hydroxyl groups is 1. The highest BCUT2D eigenvalue weighted by Crippen LogP contribution is 2.28. The van der Waals surface area contributed by atoms with E-state index >= 15 is 0 Å². The molecular weight excluding hydrogens is 254 g/mol. The van der Waals surface area contributed by atoms with Gasteiger partial charge in [-0.2, -0.15) is 0 Å². The van der Waals surface area contributed by atoms with Crippen molar-refractivity contribution in [2.75, 3.05) is 26.7 Å². The summed E-state index contributed by atoms with van der Waals surface area (Å²) in [5, 5.41) is 15.4. The number of benzene rings is 1. The lowest BCUT2D eigenvalue weighted by atomic mass is 9.99. The lowest BCUT2D eigenvalue weighted by molar-refractivity contribution is -0.127. The molecule has 0 radical (unpaired) electrons. The molecule has 3 N–H and O–H groups in total. The van der Waals surface area contributed by atoms with E-state index in [1.165, 1.54) is 0 Å². The van der Waals surface area contributed by atoms with Crippen molar-refractivity contribution in [1.82, 2.24) is 15.5 Å². The summed E-state index contributed by atoms with van der Waals surface area (Å²) in [6.07, 6.45) is 0.929. The standard InChI is InChI=1S/C15H23N3O2/c1-3-13(11-4-6-12(19)7-5-11)18-9-8-17-10-14(18)15(20)16-2/h4-7,13-14,17,19H,3,8-10H2,1-2H3,(H,16,20). The summed E-state index contributed by atoms with van der Waals surface area (Å²) in [6, 6.07) is 7.33. The first-order valence-corrected chi connectivity index (χ1v) is 7.14. The second-order valence-electron chi connectivity index (χ2n) is 5.09. The molecule has 0 saturated carbocycles. The van der Waals surface area contributed by atoms with Crippen LogP contribution in [0.15, 0.2) is 24.3 Å². The van der Waals surface area contributed by atoms with Gasteiger partial charge < -0.3 is 15.7 Å². The Morgan fingerprint density at radius 3 is 2.80 bits per heavy atom. The van der Waals surface area contributed by atoms with E-state index in [9.17, 15) is 9.90 Å². The molecule has 5 nitrogen and oxygen atoms in total. The van der Waals surface area contributed by atoms with Crippen molar-refractivity contribution in [2.24, 2.45) is 0 Å². The smallest absolute Gasteiger partial charge is 0.238 e. The monoisotopic (exact) mass is 277 g/mol. The Labute approximate surface area is 120 Å². The number of rotatable bonds is 4. The number of phenols is 1. The average Bonchev–Trinajstić information content (AvgIpc) is 2.49. The minimum Gasteiger partial charge on any atom is -0.508 e. The lowest BCUT2D eigenvalue weighted by Gasteiger charge is -2.40. The van der Waals surface area contributed by atoms with Crippen molar-refractivity contribution in [3.05, 3.63) is 29.8 Å². The summed E-state index contributed by atoms with van der Waals surface area (Å²) >= 11 is 0. The Kier molecular flexibility index (Phi) is 4.98. The zero-order valence-electron chi connectivity index (χ0n) is 12.1. The molecule has 0 bridgehead atoms. The molecule has 1 fully saturated rings. The minimum atomic E-state index is -0.146. The predicted octanol–water partition coefficient (Wildman–Crippen LogP) is 0.863. The molecule has 20 heavy (non-hydrogen) atoms. The average molecular weight is 277 g/mol. The number of nitrogens with one attached hydrogen (secondary N) is 2. The second kappa shape index (κ2) is 6.72. The van der Waals surface area contributed by atoms with Crippen LogP contribution in [0.5, 0.6) is 5.75 Å². The van der Waals surface area contributed by atoms with Crippen LogP contribution in [0.3, 0.4) is 0 Å². The van der Waals surface area contributed by atoms with Crippen LogP contribution in [0, 0.1) is 0 Å². The Morgan fingerprint density at radius 2 is 2.20 bits per heavy atom. The number of amides is 1. The van der Waals surface area contributed by atoms with Gasteiger partial charge in [-0.1, -0.05) is 19.1 Å². The van der Waals surface area contributed by atoms with E-state index in [2.05, 4.69) is 22.5 Å². The summed E-state index contributed by atoms with van der Waals surface area (Å²) in [5.74, 6) is 0.321. The van der Waals surface area contributed by atoms with Crippen LogP contribution in [-0.2, 0) is 4.79 Å². The van der Waals surface area contributed by atoms with Crippen LogP contribution in [0.1, 0.15) is 24.9 Å². The normalized spacial score (nSPS) is 21.4. The van der Waals surface area contributed by atoms with Gasteiger partial charge in [0.05, 0.1) is 0 Å². The Morgan fingerprint density at radius 1 is 1.50 bits per heavy atom. The van der Waals surface area contributed by atoms with Gasteiger partial charge in [0.1, 0.15) is 11.8 Å². The number of piperazine rings is 1. The minimum absolute atomic E-state index is 0.0504. The zero-order chi connectivity index (χ0) is 14.5. The van der Waals surface area contributed by atoms with Crippen LogP contribution in [0.2, 0.25) is 0 Å². The van der Waals surface area contributed by atoms with Crippen molar-refractivity contribution in [3.63, 3.8) is 0 Å². The molecular formula is C15H23N3O2. The molecule has 2 atom stereocenters. The maximum Gasteiger partial charge on any atom is 0.238 e. The van der Waals surface area contributed by atoms with Gasteiger partial charge in [0.25, 0.3) is 0 Å². The molecule has 2 unspecified atom stereocenters. The number of carbonyl (C=O) groups excluding carboxylic acids is 1. The highest BCUT2D eigenvalue weighted by Gasteiger charge is 2.32. The molecule has 1 aromatic carbocycles. The molecule has 0 aromatic heterocycles. The molecule has 1 amide bonds. The molecule has 2 rings (SSSR count). The SMILES string of the molecule is CCC(c1ccc(O)cc1)N1CCNCC1C(=O)NC.